The molecule has 11 heteroatoms. The van der Waals surface area contributed by atoms with Gasteiger partial charge in [-0.15, -0.1) is 0 Å². The number of hydrogen-bond donors (Lipinski definition) is 3. The highest BCUT2D eigenvalue weighted by Gasteiger charge is 2.21. The first-order valence-corrected chi connectivity index (χ1v) is 12.5. The molecule has 0 fully saturated rings. The van der Waals surface area contributed by atoms with Crippen LogP contribution in [0.3, 0.4) is 0 Å². The van der Waals surface area contributed by atoms with Crippen molar-refractivity contribution in [3.63, 3.8) is 0 Å². The third-order valence-electron chi connectivity index (χ3n) is 5.72. The minimum atomic E-state index is -0.482. The maximum Gasteiger partial charge on any atom is 0.251 e. The van der Waals surface area contributed by atoms with E-state index in [-0.39, 0.29) is 22.8 Å². The van der Waals surface area contributed by atoms with Crippen LogP contribution in [0.2, 0.25) is 0 Å². The summed E-state index contributed by atoms with van der Waals surface area (Å²) in [5.74, 6) is 0.837. The minimum absolute atomic E-state index is 0.0350. The molecule has 1 amide bonds. The Morgan fingerprint density at radius 2 is 2.03 bits per heavy atom. The summed E-state index contributed by atoms with van der Waals surface area (Å²) in [6.45, 7) is 0.507. The highest BCUT2D eigenvalue weighted by atomic mass is 32.2. The van der Waals surface area contributed by atoms with Crippen LogP contribution in [0.25, 0.3) is 22.2 Å². The van der Waals surface area contributed by atoms with Gasteiger partial charge in [-0.25, -0.2) is 19.3 Å². The summed E-state index contributed by atoms with van der Waals surface area (Å²) < 4.78 is 19.9. The van der Waals surface area contributed by atoms with Crippen LogP contribution in [0.5, 0.6) is 5.88 Å². The number of aromatic nitrogens is 4. The maximum atomic E-state index is 14.8. The maximum absolute atomic E-state index is 14.8. The van der Waals surface area contributed by atoms with Crippen molar-refractivity contribution in [2.75, 3.05) is 43.8 Å². The lowest BCUT2D eigenvalue weighted by molar-refractivity contribution is 0.0964. The number of thioether (sulfide) groups is 1. The highest BCUT2D eigenvalue weighted by Crippen LogP contribution is 2.31. The average molecular weight is 508 g/mol. The highest BCUT2D eigenvalue weighted by molar-refractivity contribution is 7.98. The zero-order valence-electron chi connectivity index (χ0n) is 20.1. The lowest BCUT2D eigenvalue weighted by Crippen LogP contribution is -2.20. The van der Waals surface area contributed by atoms with Crippen molar-refractivity contribution in [1.29, 1.82) is 0 Å². The Morgan fingerprint density at radius 3 is 2.75 bits per heavy atom. The van der Waals surface area contributed by atoms with E-state index in [1.54, 1.807) is 30.1 Å². The smallest absolute Gasteiger partial charge is 0.251 e. The van der Waals surface area contributed by atoms with Crippen LogP contribution < -0.4 is 21.1 Å². The molecule has 186 valence electrons. The first-order valence-electron chi connectivity index (χ1n) is 11.1. The molecular formula is C25H26FN7O2S. The third-order valence-corrected chi connectivity index (χ3v) is 6.45. The molecule has 3 aromatic heterocycles. The summed E-state index contributed by atoms with van der Waals surface area (Å²) in [5, 5.41) is 6.15. The number of nitrogen functional groups attached to an aromatic ring is 1. The van der Waals surface area contributed by atoms with Gasteiger partial charge in [-0.05, 0) is 30.0 Å². The van der Waals surface area contributed by atoms with Gasteiger partial charge in [-0.2, -0.15) is 11.8 Å². The Labute approximate surface area is 212 Å². The molecule has 1 atom stereocenters. The number of ether oxygens (including phenoxy) is 1. The van der Waals surface area contributed by atoms with E-state index in [1.807, 2.05) is 12.3 Å². The zero-order valence-corrected chi connectivity index (χ0v) is 20.9. The number of carbonyl (C=O) groups is 1. The molecule has 0 spiro atoms. The quantitative estimate of drug-likeness (QED) is 0.310. The van der Waals surface area contributed by atoms with Gasteiger partial charge in [0, 0.05) is 54.7 Å². The fourth-order valence-corrected chi connectivity index (χ4v) is 4.68. The van der Waals surface area contributed by atoms with Gasteiger partial charge in [-0.1, -0.05) is 6.07 Å². The molecule has 0 saturated carbocycles. The van der Waals surface area contributed by atoms with E-state index in [4.69, 9.17) is 10.5 Å². The Balaban J connectivity index is 1.63. The molecule has 36 heavy (non-hydrogen) atoms. The fraction of sp³-hybridized carbons (Fsp3) is 0.240. The van der Waals surface area contributed by atoms with Crippen molar-refractivity contribution >= 4 is 40.1 Å². The second kappa shape index (κ2) is 11.2. The second-order valence-corrected chi connectivity index (χ2v) is 8.85. The summed E-state index contributed by atoms with van der Waals surface area (Å²) in [6.07, 6.45) is 6.64. The topological polar surface area (TPSA) is 128 Å². The molecule has 0 radical (unpaired) electrons. The molecule has 1 aromatic carbocycles. The number of carbonyl (C=O) groups excluding carboxylic acids is 1. The lowest BCUT2D eigenvalue weighted by Gasteiger charge is -2.20. The number of methoxy groups -OCH3 is 1. The van der Waals surface area contributed by atoms with E-state index in [9.17, 15) is 9.18 Å². The van der Waals surface area contributed by atoms with E-state index in [0.29, 0.717) is 35.1 Å². The SMILES string of the molecule is CNC(=O)c1ccnc2c(C(CNc3cc(-c4cnc(OC)c(N)c4)ncn3)CSC)ccc(F)c12. The fourth-order valence-electron chi connectivity index (χ4n) is 3.98. The number of anilines is 2. The predicted molar refractivity (Wildman–Crippen MR) is 141 cm³/mol. The number of nitrogens with one attached hydrogen (secondary N) is 2. The van der Waals surface area contributed by atoms with Gasteiger partial charge in [0.25, 0.3) is 5.91 Å². The van der Waals surface area contributed by atoms with E-state index in [0.717, 1.165) is 16.9 Å². The Morgan fingerprint density at radius 1 is 1.19 bits per heavy atom. The van der Waals surface area contributed by atoms with Crippen molar-refractivity contribution in [3.05, 3.63) is 66.0 Å². The number of halogens is 1. The van der Waals surface area contributed by atoms with Crippen LogP contribution in [-0.4, -0.2) is 58.6 Å². The molecule has 4 rings (SSSR count). The van der Waals surface area contributed by atoms with E-state index < -0.39 is 5.82 Å². The van der Waals surface area contributed by atoms with Crippen molar-refractivity contribution in [1.82, 2.24) is 25.3 Å². The number of rotatable bonds is 9. The normalized spacial score (nSPS) is 11.8. The molecule has 0 aliphatic carbocycles. The Bertz CT molecular complexity index is 1400. The number of pyridine rings is 2. The number of fused-ring (bicyclic) bond motifs is 1. The van der Waals surface area contributed by atoms with Crippen LogP contribution in [0, 0.1) is 5.82 Å². The predicted octanol–water partition coefficient (Wildman–Crippen LogP) is 3.74. The Hall–Kier alpha value is -3.99. The molecule has 9 nitrogen and oxygen atoms in total. The number of hydrogen-bond acceptors (Lipinski definition) is 9. The van der Waals surface area contributed by atoms with Gasteiger partial charge in [0.1, 0.15) is 18.0 Å². The van der Waals surface area contributed by atoms with E-state index in [1.165, 1.54) is 38.8 Å². The van der Waals surface area contributed by atoms with Crippen molar-refractivity contribution in [2.45, 2.75) is 5.92 Å². The van der Waals surface area contributed by atoms with Gasteiger partial charge >= 0.3 is 0 Å². The molecule has 0 bridgehead atoms. The van der Waals surface area contributed by atoms with Crippen LogP contribution in [0.4, 0.5) is 15.9 Å². The van der Waals surface area contributed by atoms with Gasteiger partial charge in [-0.3, -0.25) is 9.78 Å². The van der Waals surface area contributed by atoms with Crippen LogP contribution in [0.15, 0.2) is 49.1 Å². The standard InChI is InChI=1S/C25H26FN7O2S/c1-28-24(34)17-6-7-29-23-16(4-5-18(26)22(17)23)15(12-36-3)11-30-21-9-20(32-13-33-21)14-8-19(27)25(35-2)31-10-14/h4-10,13,15H,11-12,27H2,1-3H3,(H,28,34)(H,30,32,33). The summed E-state index contributed by atoms with van der Waals surface area (Å²) in [7, 11) is 3.03. The zero-order chi connectivity index (χ0) is 25.7. The summed E-state index contributed by atoms with van der Waals surface area (Å²) >= 11 is 1.66. The molecular weight excluding hydrogens is 481 g/mol. The summed E-state index contributed by atoms with van der Waals surface area (Å²) in [4.78, 5) is 29.7. The van der Waals surface area contributed by atoms with Crippen molar-refractivity contribution in [2.24, 2.45) is 0 Å². The molecule has 4 N–H and O–H groups in total. The first-order chi connectivity index (χ1) is 17.5. The summed E-state index contributed by atoms with van der Waals surface area (Å²) in [5.41, 5.74) is 9.36. The van der Waals surface area contributed by atoms with Crippen molar-refractivity contribution < 1.29 is 13.9 Å². The molecule has 0 saturated heterocycles. The molecule has 3 heterocycles. The van der Waals surface area contributed by atoms with E-state index >= 15 is 0 Å². The van der Waals surface area contributed by atoms with Gasteiger partial charge in [0.15, 0.2) is 0 Å². The average Bonchev–Trinajstić information content (AvgIpc) is 2.91. The van der Waals surface area contributed by atoms with Gasteiger partial charge in [0.05, 0.1) is 29.6 Å². The third kappa shape index (κ3) is 5.15. The van der Waals surface area contributed by atoms with E-state index in [2.05, 4.69) is 30.6 Å². The molecule has 1 unspecified atom stereocenters. The largest absolute Gasteiger partial charge is 0.480 e. The molecule has 0 aliphatic heterocycles. The number of nitrogens with two attached hydrogens (primary N) is 1. The number of amides is 1. The van der Waals surface area contributed by atoms with Crippen LogP contribution >= 0.6 is 11.8 Å². The Kier molecular flexibility index (Phi) is 7.79. The molecule has 4 aromatic rings. The minimum Gasteiger partial charge on any atom is -0.480 e. The van der Waals surface area contributed by atoms with Gasteiger partial charge in [0.2, 0.25) is 5.88 Å². The molecule has 0 aliphatic rings. The number of benzene rings is 1. The first kappa shape index (κ1) is 25.1. The lowest BCUT2D eigenvalue weighted by atomic mass is 9.95. The van der Waals surface area contributed by atoms with Crippen molar-refractivity contribution in [3.8, 4) is 17.1 Å². The second-order valence-electron chi connectivity index (χ2n) is 7.94. The number of nitrogens with zero attached hydrogens (tertiary/aromatic N) is 4. The monoisotopic (exact) mass is 507 g/mol. The van der Waals surface area contributed by atoms with Gasteiger partial charge < -0.3 is 21.1 Å². The summed E-state index contributed by atoms with van der Waals surface area (Å²) in [6, 6.07) is 8.21. The van der Waals surface area contributed by atoms with Crippen LogP contribution in [0.1, 0.15) is 21.8 Å². The van der Waals surface area contributed by atoms with Crippen LogP contribution in [-0.2, 0) is 0 Å².